The predicted molar refractivity (Wildman–Crippen MR) is 121 cm³/mol. The molecule has 1 amide bonds. The van der Waals surface area contributed by atoms with Crippen LogP contribution in [0.4, 0.5) is 5.13 Å². The van der Waals surface area contributed by atoms with Gasteiger partial charge in [-0.2, -0.15) is 0 Å². The SMILES string of the molecule is COC(=O)c1sc(N2C(=O)C(=O)C(=C(O)c3ccccc3)[C@@H]2c2ccc(Cl)cc2)nc1C. The van der Waals surface area contributed by atoms with E-state index in [0.29, 0.717) is 21.8 Å². The summed E-state index contributed by atoms with van der Waals surface area (Å²) in [7, 11) is 1.25. The highest BCUT2D eigenvalue weighted by molar-refractivity contribution is 7.17. The Morgan fingerprint density at radius 2 is 1.78 bits per heavy atom. The first-order valence-electron chi connectivity index (χ1n) is 9.51. The van der Waals surface area contributed by atoms with E-state index in [0.717, 1.165) is 11.3 Å². The molecule has 1 saturated heterocycles. The number of halogens is 1. The van der Waals surface area contributed by atoms with Gasteiger partial charge >= 0.3 is 11.9 Å². The molecule has 1 aliphatic rings. The molecule has 4 rings (SSSR count). The van der Waals surface area contributed by atoms with Crippen LogP contribution in [0.15, 0.2) is 60.2 Å². The molecule has 1 aromatic heterocycles. The van der Waals surface area contributed by atoms with Gasteiger partial charge in [-0.3, -0.25) is 14.5 Å². The Labute approximate surface area is 192 Å². The van der Waals surface area contributed by atoms with Crippen LogP contribution in [0.25, 0.3) is 5.76 Å². The zero-order chi connectivity index (χ0) is 23.0. The van der Waals surface area contributed by atoms with Gasteiger partial charge in [0.05, 0.1) is 24.4 Å². The number of hydrogen-bond acceptors (Lipinski definition) is 7. The molecule has 0 spiro atoms. The highest BCUT2D eigenvalue weighted by atomic mass is 35.5. The Balaban J connectivity index is 1.93. The summed E-state index contributed by atoms with van der Waals surface area (Å²) in [6.07, 6.45) is 0. The first-order chi connectivity index (χ1) is 15.3. The highest BCUT2D eigenvalue weighted by Gasteiger charge is 2.48. The zero-order valence-corrected chi connectivity index (χ0v) is 18.6. The van der Waals surface area contributed by atoms with Crippen LogP contribution >= 0.6 is 22.9 Å². The number of aryl methyl sites for hydroxylation is 1. The molecular weight excluding hydrogens is 452 g/mol. The fraction of sp³-hybridized carbons (Fsp3) is 0.130. The van der Waals surface area contributed by atoms with E-state index in [2.05, 4.69) is 4.98 Å². The topological polar surface area (TPSA) is 96.8 Å². The number of aliphatic hydroxyl groups excluding tert-OH is 1. The summed E-state index contributed by atoms with van der Waals surface area (Å²) >= 11 is 6.97. The van der Waals surface area contributed by atoms with Crippen molar-refractivity contribution in [1.29, 1.82) is 0 Å². The summed E-state index contributed by atoms with van der Waals surface area (Å²) in [5.74, 6) is -2.59. The lowest BCUT2D eigenvalue weighted by Crippen LogP contribution is -2.29. The summed E-state index contributed by atoms with van der Waals surface area (Å²) in [6, 6.07) is 14.2. The fourth-order valence-corrected chi connectivity index (χ4v) is 4.65. The molecule has 7 nitrogen and oxygen atoms in total. The van der Waals surface area contributed by atoms with Crippen LogP contribution in [0.3, 0.4) is 0 Å². The zero-order valence-electron chi connectivity index (χ0n) is 17.0. The first-order valence-corrected chi connectivity index (χ1v) is 10.7. The standard InChI is InChI=1S/C23H17ClN2O5S/c1-12-20(22(30)31-2)32-23(25-12)26-17(13-8-10-15(24)11-9-13)16(19(28)21(26)29)18(27)14-6-4-3-5-7-14/h3-11,17,27H,1-2H3/t17-/m0/s1. The molecule has 0 aliphatic carbocycles. The minimum Gasteiger partial charge on any atom is -0.507 e. The van der Waals surface area contributed by atoms with Gasteiger partial charge in [0.1, 0.15) is 10.6 Å². The van der Waals surface area contributed by atoms with E-state index < -0.39 is 23.7 Å². The van der Waals surface area contributed by atoms with Crippen LogP contribution in [0.2, 0.25) is 5.02 Å². The minimum absolute atomic E-state index is 0.0732. The number of methoxy groups -OCH3 is 1. The lowest BCUT2D eigenvalue weighted by molar-refractivity contribution is -0.132. The molecule has 0 radical (unpaired) electrons. The number of thiazole rings is 1. The molecule has 162 valence electrons. The van der Waals surface area contributed by atoms with Crippen molar-refractivity contribution < 1.29 is 24.2 Å². The van der Waals surface area contributed by atoms with Crippen LogP contribution in [-0.2, 0) is 14.3 Å². The predicted octanol–water partition coefficient (Wildman–Crippen LogP) is 4.52. The van der Waals surface area contributed by atoms with Crippen molar-refractivity contribution in [2.75, 3.05) is 12.0 Å². The average molecular weight is 469 g/mol. The third-order valence-corrected chi connectivity index (χ3v) is 6.43. The number of carbonyl (C=O) groups is 3. The van der Waals surface area contributed by atoms with Gasteiger partial charge in [-0.25, -0.2) is 9.78 Å². The smallest absolute Gasteiger partial charge is 0.350 e. The third-order valence-electron chi connectivity index (χ3n) is 5.04. The first kappa shape index (κ1) is 21.7. The number of rotatable bonds is 4. The Hall–Kier alpha value is -3.49. The average Bonchev–Trinajstić information content (AvgIpc) is 3.31. The number of Topliss-reactive ketones (excluding diaryl/α,β-unsaturated/α-hetero) is 1. The molecule has 2 heterocycles. The maximum atomic E-state index is 13.1. The molecule has 1 fully saturated rings. The van der Waals surface area contributed by atoms with Crippen molar-refractivity contribution in [3.05, 3.63) is 86.9 Å². The number of benzene rings is 2. The maximum absolute atomic E-state index is 13.1. The highest BCUT2D eigenvalue weighted by Crippen LogP contribution is 2.44. The molecule has 9 heteroatoms. The van der Waals surface area contributed by atoms with Gasteiger partial charge in [0.15, 0.2) is 5.13 Å². The molecule has 1 atom stereocenters. The second-order valence-electron chi connectivity index (χ2n) is 6.99. The lowest BCUT2D eigenvalue weighted by Gasteiger charge is -2.23. The van der Waals surface area contributed by atoms with E-state index in [-0.39, 0.29) is 21.3 Å². The number of aromatic nitrogens is 1. The Kier molecular flexibility index (Phi) is 5.82. The summed E-state index contributed by atoms with van der Waals surface area (Å²) in [5, 5.41) is 11.6. The largest absolute Gasteiger partial charge is 0.507 e. The van der Waals surface area contributed by atoms with Gasteiger partial charge in [0.2, 0.25) is 0 Å². The van der Waals surface area contributed by atoms with Crippen LogP contribution in [0.1, 0.15) is 32.5 Å². The number of esters is 1. The van der Waals surface area contributed by atoms with E-state index in [1.807, 2.05) is 0 Å². The number of aliphatic hydroxyl groups is 1. The Morgan fingerprint density at radius 3 is 2.41 bits per heavy atom. The van der Waals surface area contributed by atoms with E-state index in [1.54, 1.807) is 61.5 Å². The molecule has 2 aromatic carbocycles. The van der Waals surface area contributed by atoms with Gasteiger partial charge in [0.25, 0.3) is 5.78 Å². The molecule has 0 unspecified atom stereocenters. The minimum atomic E-state index is -0.955. The number of anilines is 1. The molecule has 1 N–H and O–H groups in total. The number of nitrogens with zero attached hydrogens (tertiary/aromatic N) is 2. The second kappa shape index (κ2) is 8.57. The monoisotopic (exact) mass is 468 g/mol. The normalized spacial score (nSPS) is 17.6. The molecular formula is C23H17ClN2O5S. The van der Waals surface area contributed by atoms with Gasteiger partial charge in [0, 0.05) is 10.6 Å². The Bertz CT molecular complexity index is 1250. The number of carbonyl (C=O) groups excluding carboxylic acids is 3. The number of amides is 1. The van der Waals surface area contributed by atoms with E-state index in [4.69, 9.17) is 16.3 Å². The van der Waals surface area contributed by atoms with Gasteiger partial charge in [-0.15, -0.1) is 0 Å². The van der Waals surface area contributed by atoms with Crippen molar-refractivity contribution in [2.45, 2.75) is 13.0 Å². The van der Waals surface area contributed by atoms with Crippen molar-refractivity contribution in [1.82, 2.24) is 4.98 Å². The van der Waals surface area contributed by atoms with E-state index in [9.17, 15) is 19.5 Å². The quantitative estimate of drug-likeness (QED) is 0.262. The van der Waals surface area contributed by atoms with Crippen molar-refractivity contribution in [3.8, 4) is 0 Å². The third kappa shape index (κ3) is 3.68. The van der Waals surface area contributed by atoms with Gasteiger partial charge in [-0.1, -0.05) is 65.4 Å². The molecule has 3 aromatic rings. The van der Waals surface area contributed by atoms with Gasteiger partial charge in [-0.05, 0) is 24.6 Å². The lowest BCUT2D eigenvalue weighted by atomic mass is 9.95. The summed E-state index contributed by atoms with van der Waals surface area (Å²) in [4.78, 5) is 44.0. The van der Waals surface area contributed by atoms with Crippen LogP contribution in [-0.4, -0.2) is 34.9 Å². The van der Waals surface area contributed by atoms with Crippen molar-refractivity contribution in [3.63, 3.8) is 0 Å². The van der Waals surface area contributed by atoms with Crippen LogP contribution < -0.4 is 4.90 Å². The second-order valence-corrected chi connectivity index (χ2v) is 8.40. The maximum Gasteiger partial charge on any atom is 0.350 e. The number of hydrogen-bond donors (Lipinski definition) is 1. The van der Waals surface area contributed by atoms with Crippen molar-refractivity contribution in [2.24, 2.45) is 0 Å². The van der Waals surface area contributed by atoms with Crippen LogP contribution in [0, 0.1) is 6.92 Å². The summed E-state index contributed by atoms with van der Waals surface area (Å²) in [6.45, 7) is 1.62. The number of ketones is 1. The fourth-order valence-electron chi connectivity index (χ4n) is 3.51. The molecule has 1 aliphatic heterocycles. The summed E-state index contributed by atoms with van der Waals surface area (Å²) in [5.41, 5.74) is 1.25. The van der Waals surface area contributed by atoms with Crippen LogP contribution in [0.5, 0.6) is 0 Å². The summed E-state index contributed by atoms with van der Waals surface area (Å²) < 4.78 is 4.78. The van der Waals surface area contributed by atoms with E-state index in [1.165, 1.54) is 12.0 Å². The number of ether oxygens (including phenoxy) is 1. The molecule has 0 bridgehead atoms. The van der Waals surface area contributed by atoms with E-state index >= 15 is 0 Å². The Morgan fingerprint density at radius 1 is 1.12 bits per heavy atom. The molecule has 0 saturated carbocycles. The molecule has 32 heavy (non-hydrogen) atoms. The van der Waals surface area contributed by atoms with Gasteiger partial charge < -0.3 is 9.84 Å². The van der Waals surface area contributed by atoms with Crippen molar-refractivity contribution >= 4 is 51.5 Å².